The molecule has 1 atom stereocenters. The summed E-state index contributed by atoms with van der Waals surface area (Å²) in [4.78, 5) is 13.0. The van der Waals surface area contributed by atoms with Crippen molar-refractivity contribution in [2.24, 2.45) is 0 Å². The predicted octanol–water partition coefficient (Wildman–Crippen LogP) is 6.69. The van der Waals surface area contributed by atoms with Crippen molar-refractivity contribution in [1.29, 1.82) is 0 Å². The molecule has 0 unspecified atom stereocenters. The quantitative estimate of drug-likeness (QED) is 0.373. The number of carbonyl (C=O) groups excluding carboxylic acids is 1. The Balaban J connectivity index is 1.86. The molecule has 0 aliphatic heterocycles. The van der Waals surface area contributed by atoms with Crippen LogP contribution in [0.4, 0.5) is 0 Å². The van der Waals surface area contributed by atoms with Crippen LogP contribution < -0.4 is 5.32 Å². The Morgan fingerprint density at radius 3 is 2.76 bits per heavy atom. The number of aromatic nitrogens is 2. The summed E-state index contributed by atoms with van der Waals surface area (Å²) < 4.78 is 2.64. The number of benzene rings is 2. The topological polar surface area (TPSA) is 46.9 Å². The lowest BCUT2D eigenvalue weighted by atomic mass is 10.0. The van der Waals surface area contributed by atoms with Gasteiger partial charge in [-0.15, -0.1) is 6.58 Å². The minimum absolute atomic E-state index is 0.134. The number of rotatable bonds is 7. The van der Waals surface area contributed by atoms with Crippen molar-refractivity contribution in [3.05, 3.63) is 92.7 Å². The molecule has 150 valence electrons. The van der Waals surface area contributed by atoms with E-state index in [4.69, 9.17) is 23.2 Å². The van der Waals surface area contributed by atoms with Crippen molar-refractivity contribution in [2.45, 2.75) is 25.8 Å². The van der Waals surface area contributed by atoms with E-state index in [1.54, 1.807) is 23.0 Å². The Hall–Kier alpha value is -2.08. The van der Waals surface area contributed by atoms with Gasteiger partial charge in [0.1, 0.15) is 0 Å². The molecule has 1 aromatic heterocycles. The van der Waals surface area contributed by atoms with Crippen LogP contribution in [0.2, 0.25) is 10.0 Å². The maximum absolute atomic E-state index is 13.0. The van der Waals surface area contributed by atoms with Crippen LogP contribution in [-0.2, 0) is 0 Å². The largest absolute Gasteiger partial charge is 0.345 e. The summed E-state index contributed by atoms with van der Waals surface area (Å²) >= 11 is 15.6. The van der Waals surface area contributed by atoms with E-state index in [1.807, 2.05) is 43.3 Å². The Morgan fingerprint density at radius 1 is 1.28 bits per heavy atom. The molecular formula is C22H20BrCl2N3O. The summed E-state index contributed by atoms with van der Waals surface area (Å²) in [6.07, 6.45) is 4.97. The fraction of sp³-hybridized carbons (Fsp3) is 0.182. The third-order valence-electron chi connectivity index (χ3n) is 4.62. The van der Waals surface area contributed by atoms with Crippen molar-refractivity contribution < 1.29 is 4.79 Å². The normalized spacial score (nSPS) is 11.9. The smallest absolute Gasteiger partial charge is 0.255 e. The van der Waals surface area contributed by atoms with Gasteiger partial charge in [-0.2, -0.15) is 5.10 Å². The maximum atomic E-state index is 13.0. The number of halogens is 3. The van der Waals surface area contributed by atoms with Crippen LogP contribution in [0.1, 0.15) is 40.5 Å². The molecule has 1 heterocycles. The molecular weight excluding hydrogens is 473 g/mol. The van der Waals surface area contributed by atoms with Crippen molar-refractivity contribution in [2.75, 3.05) is 0 Å². The van der Waals surface area contributed by atoms with Gasteiger partial charge in [-0.3, -0.25) is 4.79 Å². The molecule has 4 nitrogen and oxygen atoms in total. The first-order valence-electron chi connectivity index (χ1n) is 9.08. The molecule has 0 aliphatic rings. The van der Waals surface area contributed by atoms with E-state index < -0.39 is 0 Å². The summed E-state index contributed by atoms with van der Waals surface area (Å²) in [6, 6.07) is 13.0. The van der Waals surface area contributed by atoms with Crippen molar-refractivity contribution in [1.82, 2.24) is 15.1 Å². The highest BCUT2D eigenvalue weighted by atomic mass is 79.9. The minimum Gasteiger partial charge on any atom is -0.345 e. The van der Waals surface area contributed by atoms with Crippen LogP contribution in [0, 0.1) is 6.92 Å². The molecule has 0 spiro atoms. The second kappa shape index (κ2) is 9.61. The van der Waals surface area contributed by atoms with Gasteiger partial charge in [0.25, 0.3) is 5.91 Å². The zero-order valence-corrected chi connectivity index (χ0v) is 18.9. The summed E-state index contributed by atoms with van der Waals surface area (Å²) in [5.41, 5.74) is 3.00. The average Bonchev–Trinajstić information content (AvgIpc) is 3.08. The number of hydrogen-bond donors (Lipinski definition) is 1. The van der Waals surface area contributed by atoms with E-state index in [-0.39, 0.29) is 11.9 Å². The third-order valence-corrected chi connectivity index (χ3v) is 5.85. The van der Waals surface area contributed by atoms with Crippen LogP contribution in [0.25, 0.3) is 5.69 Å². The molecule has 3 rings (SSSR count). The molecule has 29 heavy (non-hydrogen) atoms. The lowest BCUT2D eigenvalue weighted by molar-refractivity contribution is 0.0934. The first-order chi connectivity index (χ1) is 13.9. The van der Waals surface area contributed by atoms with Crippen LogP contribution in [0.15, 0.2) is 65.8 Å². The third kappa shape index (κ3) is 5.10. The second-order valence-corrected chi connectivity index (χ2v) is 8.33. The molecule has 0 saturated carbocycles. The second-order valence-electron chi connectivity index (χ2n) is 6.60. The van der Waals surface area contributed by atoms with Crippen LogP contribution in [0.5, 0.6) is 0 Å². The van der Waals surface area contributed by atoms with Crippen molar-refractivity contribution in [3.8, 4) is 5.69 Å². The van der Waals surface area contributed by atoms with Gasteiger partial charge >= 0.3 is 0 Å². The van der Waals surface area contributed by atoms with Gasteiger partial charge in [0, 0.05) is 4.47 Å². The zero-order chi connectivity index (χ0) is 21.0. The monoisotopic (exact) mass is 491 g/mol. The SMILES string of the molecule is C=CCC[C@H](NC(=O)c1cnn(-c2ccc(Cl)c(Cl)c2)c1C)c1cccc(Br)c1. The number of nitrogens with zero attached hydrogens (tertiary/aromatic N) is 2. The first-order valence-corrected chi connectivity index (χ1v) is 10.6. The summed E-state index contributed by atoms with van der Waals surface area (Å²) in [6.45, 7) is 5.64. The van der Waals surface area contributed by atoms with E-state index in [1.165, 1.54) is 0 Å². The van der Waals surface area contributed by atoms with Gasteiger partial charge in [0.2, 0.25) is 0 Å². The van der Waals surface area contributed by atoms with Gasteiger partial charge in [0.15, 0.2) is 0 Å². The molecule has 0 aliphatic carbocycles. The highest BCUT2D eigenvalue weighted by Crippen LogP contribution is 2.26. The zero-order valence-electron chi connectivity index (χ0n) is 15.8. The Labute approximate surface area is 188 Å². The molecule has 0 radical (unpaired) electrons. The molecule has 7 heteroatoms. The van der Waals surface area contributed by atoms with E-state index in [2.05, 4.69) is 32.9 Å². The Kier molecular flexibility index (Phi) is 7.17. The highest BCUT2D eigenvalue weighted by Gasteiger charge is 2.20. The molecule has 1 amide bonds. The number of nitrogens with one attached hydrogen (secondary N) is 1. The van der Waals surface area contributed by atoms with E-state index in [0.29, 0.717) is 15.6 Å². The lowest BCUT2D eigenvalue weighted by Crippen LogP contribution is -2.29. The van der Waals surface area contributed by atoms with E-state index >= 15 is 0 Å². The van der Waals surface area contributed by atoms with Gasteiger partial charge in [0.05, 0.1) is 39.2 Å². The minimum atomic E-state index is -0.178. The van der Waals surface area contributed by atoms with Crippen LogP contribution in [0.3, 0.4) is 0 Å². The predicted molar refractivity (Wildman–Crippen MR) is 122 cm³/mol. The van der Waals surface area contributed by atoms with Crippen molar-refractivity contribution >= 4 is 45.0 Å². The number of allylic oxidation sites excluding steroid dienone is 1. The first kappa shape index (κ1) is 21.6. The summed E-state index contributed by atoms with van der Waals surface area (Å²) in [5.74, 6) is -0.178. The average molecular weight is 493 g/mol. The standard InChI is InChI=1S/C22H20BrCl2N3O/c1-3-4-8-21(15-6-5-7-16(23)11-15)27-22(29)18-13-26-28(14(18)2)17-9-10-19(24)20(25)12-17/h3,5-7,9-13,21H,1,4,8H2,2H3,(H,27,29)/t21-/m0/s1. The Bertz CT molecular complexity index is 1050. The number of hydrogen-bond acceptors (Lipinski definition) is 2. The molecule has 0 bridgehead atoms. The van der Waals surface area contributed by atoms with E-state index in [9.17, 15) is 4.79 Å². The summed E-state index contributed by atoms with van der Waals surface area (Å²) in [7, 11) is 0. The summed E-state index contributed by atoms with van der Waals surface area (Å²) in [5, 5.41) is 8.40. The Morgan fingerprint density at radius 2 is 2.07 bits per heavy atom. The van der Waals surface area contributed by atoms with Crippen LogP contribution >= 0.6 is 39.1 Å². The number of carbonyl (C=O) groups is 1. The van der Waals surface area contributed by atoms with Gasteiger partial charge in [-0.25, -0.2) is 4.68 Å². The van der Waals surface area contributed by atoms with E-state index in [0.717, 1.165) is 34.3 Å². The maximum Gasteiger partial charge on any atom is 0.255 e. The molecule has 3 aromatic rings. The van der Waals surface area contributed by atoms with Crippen LogP contribution in [-0.4, -0.2) is 15.7 Å². The fourth-order valence-corrected chi connectivity index (χ4v) is 3.78. The highest BCUT2D eigenvalue weighted by molar-refractivity contribution is 9.10. The molecule has 0 fully saturated rings. The molecule has 0 saturated heterocycles. The fourth-order valence-electron chi connectivity index (χ4n) is 3.08. The van der Waals surface area contributed by atoms with Gasteiger partial charge in [-0.1, -0.05) is 57.3 Å². The molecule has 1 N–H and O–H groups in total. The molecule has 2 aromatic carbocycles. The van der Waals surface area contributed by atoms with Gasteiger partial charge in [-0.05, 0) is 55.7 Å². The van der Waals surface area contributed by atoms with Crippen molar-refractivity contribution in [3.63, 3.8) is 0 Å². The number of amides is 1. The lowest BCUT2D eigenvalue weighted by Gasteiger charge is -2.19. The van der Waals surface area contributed by atoms with Gasteiger partial charge < -0.3 is 5.32 Å².